The van der Waals surface area contributed by atoms with Crippen LogP contribution in [0.4, 0.5) is 17.1 Å². The molecule has 3 rings (SSSR count). The van der Waals surface area contributed by atoms with Crippen LogP contribution in [-0.4, -0.2) is 43.5 Å². The SMILES string of the molecule is COC(=O)CC1=CC(SC(C)C(=O)Nc2cc(OC)cc(OC)c2)=Nc2ccccc2N1. The number of hydrogen-bond donors (Lipinski definition) is 2. The summed E-state index contributed by atoms with van der Waals surface area (Å²) in [4.78, 5) is 29.3. The molecular weight excluding hydrogens is 430 g/mol. The number of carbonyl (C=O) groups excluding carboxylic acids is 2. The number of para-hydroxylation sites is 2. The number of thioether (sulfide) groups is 1. The van der Waals surface area contributed by atoms with E-state index in [1.54, 1.807) is 45.4 Å². The van der Waals surface area contributed by atoms with Crippen molar-refractivity contribution in [2.75, 3.05) is 32.0 Å². The van der Waals surface area contributed by atoms with E-state index in [2.05, 4.69) is 15.6 Å². The van der Waals surface area contributed by atoms with Crippen LogP contribution in [0.3, 0.4) is 0 Å². The Balaban J connectivity index is 1.79. The summed E-state index contributed by atoms with van der Waals surface area (Å²) in [6.07, 6.45) is 1.83. The van der Waals surface area contributed by atoms with Crippen LogP contribution in [0, 0.1) is 0 Å². The molecule has 2 aromatic carbocycles. The molecule has 168 valence electrons. The lowest BCUT2D eigenvalue weighted by atomic mass is 10.2. The number of rotatable bonds is 7. The summed E-state index contributed by atoms with van der Waals surface area (Å²) in [5.74, 6) is 0.573. The summed E-state index contributed by atoms with van der Waals surface area (Å²) in [5.41, 5.74) is 2.70. The Morgan fingerprint density at radius 2 is 1.78 bits per heavy atom. The molecule has 0 aromatic heterocycles. The zero-order chi connectivity index (χ0) is 23.1. The minimum absolute atomic E-state index is 0.0641. The summed E-state index contributed by atoms with van der Waals surface area (Å²) in [6, 6.07) is 12.7. The molecule has 1 amide bonds. The highest BCUT2D eigenvalue weighted by atomic mass is 32.2. The maximum Gasteiger partial charge on any atom is 0.311 e. The molecule has 32 heavy (non-hydrogen) atoms. The van der Waals surface area contributed by atoms with Gasteiger partial charge in [-0.2, -0.15) is 0 Å². The van der Waals surface area contributed by atoms with Crippen LogP contribution in [0.25, 0.3) is 0 Å². The molecular formula is C23H25N3O5S. The van der Waals surface area contributed by atoms with Gasteiger partial charge in [0.25, 0.3) is 0 Å². The van der Waals surface area contributed by atoms with Gasteiger partial charge >= 0.3 is 5.97 Å². The van der Waals surface area contributed by atoms with E-state index in [0.29, 0.717) is 27.9 Å². The second-order valence-corrected chi connectivity index (χ2v) is 8.23. The van der Waals surface area contributed by atoms with Gasteiger partial charge in [0, 0.05) is 29.6 Å². The monoisotopic (exact) mass is 455 g/mol. The molecule has 1 unspecified atom stereocenters. The summed E-state index contributed by atoms with van der Waals surface area (Å²) in [7, 11) is 4.44. The van der Waals surface area contributed by atoms with Crippen LogP contribution >= 0.6 is 11.8 Å². The molecule has 0 spiro atoms. The molecule has 0 bridgehead atoms. The average molecular weight is 456 g/mol. The highest BCUT2D eigenvalue weighted by Crippen LogP contribution is 2.32. The first kappa shape index (κ1) is 23.2. The lowest BCUT2D eigenvalue weighted by molar-refractivity contribution is -0.139. The van der Waals surface area contributed by atoms with Crippen molar-refractivity contribution in [1.82, 2.24) is 0 Å². The van der Waals surface area contributed by atoms with Crippen molar-refractivity contribution < 1.29 is 23.8 Å². The van der Waals surface area contributed by atoms with Gasteiger partial charge in [0.15, 0.2) is 0 Å². The Kier molecular flexibility index (Phi) is 7.77. The number of nitrogens with zero attached hydrogens (tertiary/aromatic N) is 1. The number of nitrogens with one attached hydrogen (secondary N) is 2. The van der Waals surface area contributed by atoms with E-state index in [-0.39, 0.29) is 18.3 Å². The van der Waals surface area contributed by atoms with E-state index in [9.17, 15) is 9.59 Å². The number of carbonyl (C=O) groups is 2. The highest BCUT2D eigenvalue weighted by Gasteiger charge is 2.20. The Morgan fingerprint density at radius 1 is 1.09 bits per heavy atom. The molecule has 0 saturated carbocycles. The van der Waals surface area contributed by atoms with Gasteiger partial charge in [-0.25, -0.2) is 4.99 Å². The van der Waals surface area contributed by atoms with Crippen molar-refractivity contribution in [2.24, 2.45) is 4.99 Å². The number of benzene rings is 2. The van der Waals surface area contributed by atoms with Crippen molar-refractivity contribution in [3.05, 3.63) is 54.2 Å². The third-order valence-electron chi connectivity index (χ3n) is 4.58. The van der Waals surface area contributed by atoms with Crippen molar-refractivity contribution in [1.29, 1.82) is 0 Å². The molecule has 1 atom stereocenters. The van der Waals surface area contributed by atoms with Crippen LogP contribution in [-0.2, 0) is 14.3 Å². The normalized spacial score (nSPS) is 13.4. The number of aliphatic imine (C=N–C) groups is 1. The summed E-state index contributed by atoms with van der Waals surface area (Å²) in [5, 5.41) is 6.25. The molecule has 0 aliphatic carbocycles. The predicted octanol–water partition coefficient (Wildman–Crippen LogP) is 4.37. The van der Waals surface area contributed by atoms with Gasteiger partial charge in [-0.1, -0.05) is 23.9 Å². The lowest BCUT2D eigenvalue weighted by Crippen LogP contribution is -2.23. The first-order valence-electron chi connectivity index (χ1n) is 9.84. The minimum Gasteiger partial charge on any atom is -0.497 e. The van der Waals surface area contributed by atoms with Crippen LogP contribution < -0.4 is 20.1 Å². The Bertz CT molecular complexity index is 1050. The van der Waals surface area contributed by atoms with Crippen LogP contribution in [0.1, 0.15) is 13.3 Å². The zero-order valence-electron chi connectivity index (χ0n) is 18.3. The van der Waals surface area contributed by atoms with Crippen molar-refractivity contribution in [3.8, 4) is 11.5 Å². The first-order valence-corrected chi connectivity index (χ1v) is 10.7. The standard InChI is InChI=1S/C23H25N3O5S/c1-14(23(28)25-15-9-17(29-2)13-18(10-15)30-3)32-21-11-16(12-22(27)31-4)24-19-7-5-6-8-20(19)26-21/h5-11,13-14,24H,12H2,1-4H3,(H,25,28). The van der Waals surface area contributed by atoms with Gasteiger partial charge in [-0.05, 0) is 25.1 Å². The van der Waals surface area contributed by atoms with E-state index in [1.807, 2.05) is 24.3 Å². The molecule has 8 nitrogen and oxygen atoms in total. The van der Waals surface area contributed by atoms with Crippen LogP contribution in [0.2, 0.25) is 0 Å². The van der Waals surface area contributed by atoms with Gasteiger partial charge in [-0.15, -0.1) is 0 Å². The van der Waals surface area contributed by atoms with Crippen molar-refractivity contribution in [3.63, 3.8) is 0 Å². The van der Waals surface area contributed by atoms with E-state index in [0.717, 1.165) is 11.4 Å². The molecule has 2 aromatic rings. The smallest absolute Gasteiger partial charge is 0.311 e. The molecule has 1 aliphatic rings. The Hall–Kier alpha value is -3.46. The molecule has 1 heterocycles. The number of anilines is 2. The van der Waals surface area contributed by atoms with Gasteiger partial charge in [-0.3, -0.25) is 9.59 Å². The predicted molar refractivity (Wildman–Crippen MR) is 127 cm³/mol. The second-order valence-electron chi connectivity index (χ2n) is 6.87. The molecule has 2 N–H and O–H groups in total. The number of amides is 1. The summed E-state index contributed by atoms with van der Waals surface area (Å²) >= 11 is 1.29. The number of methoxy groups -OCH3 is 3. The fourth-order valence-electron chi connectivity index (χ4n) is 2.93. The van der Waals surface area contributed by atoms with Gasteiger partial charge < -0.3 is 24.8 Å². The van der Waals surface area contributed by atoms with E-state index in [4.69, 9.17) is 14.2 Å². The van der Waals surface area contributed by atoms with E-state index >= 15 is 0 Å². The molecule has 0 fully saturated rings. The largest absolute Gasteiger partial charge is 0.497 e. The van der Waals surface area contributed by atoms with Crippen LogP contribution in [0.5, 0.6) is 11.5 Å². The first-order chi connectivity index (χ1) is 15.4. The van der Waals surface area contributed by atoms with E-state index < -0.39 is 5.25 Å². The third-order valence-corrected chi connectivity index (χ3v) is 5.59. The topological polar surface area (TPSA) is 98.3 Å². The fourth-order valence-corrected chi connectivity index (χ4v) is 3.82. The van der Waals surface area contributed by atoms with Gasteiger partial charge in [0.2, 0.25) is 5.91 Å². The third kappa shape index (κ3) is 6.04. The fraction of sp³-hybridized carbons (Fsp3) is 0.261. The second kappa shape index (κ2) is 10.7. The number of ether oxygens (including phenoxy) is 3. The zero-order valence-corrected chi connectivity index (χ0v) is 19.1. The van der Waals surface area contributed by atoms with Gasteiger partial charge in [0.05, 0.1) is 49.4 Å². The average Bonchev–Trinajstić information content (AvgIpc) is 2.96. The number of esters is 1. The number of fused-ring (bicyclic) bond motifs is 1. The van der Waals surface area contributed by atoms with Crippen molar-refractivity contribution in [2.45, 2.75) is 18.6 Å². The molecule has 9 heteroatoms. The van der Waals surface area contributed by atoms with Crippen LogP contribution in [0.15, 0.2) is 59.2 Å². The highest BCUT2D eigenvalue weighted by molar-refractivity contribution is 8.15. The molecule has 0 radical (unpaired) electrons. The Morgan fingerprint density at radius 3 is 2.44 bits per heavy atom. The van der Waals surface area contributed by atoms with Gasteiger partial charge in [0.1, 0.15) is 11.5 Å². The summed E-state index contributed by atoms with van der Waals surface area (Å²) in [6.45, 7) is 1.79. The maximum atomic E-state index is 12.8. The molecule has 0 saturated heterocycles. The quantitative estimate of drug-likeness (QED) is 0.598. The lowest BCUT2D eigenvalue weighted by Gasteiger charge is -2.14. The molecule has 1 aliphatic heterocycles. The maximum absolute atomic E-state index is 12.8. The number of hydrogen-bond acceptors (Lipinski definition) is 8. The Labute approximate surface area is 191 Å². The van der Waals surface area contributed by atoms with Crippen molar-refractivity contribution >= 4 is 45.7 Å². The van der Waals surface area contributed by atoms with E-state index in [1.165, 1.54) is 18.9 Å². The minimum atomic E-state index is -0.466. The summed E-state index contributed by atoms with van der Waals surface area (Å²) < 4.78 is 15.3.